The Hall–Kier alpha value is -1.80. The van der Waals surface area contributed by atoms with E-state index in [4.69, 9.17) is 10.5 Å². The molecule has 1 aliphatic rings. The van der Waals surface area contributed by atoms with Crippen LogP contribution in [-0.2, 0) is 13.0 Å². The van der Waals surface area contributed by atoms with Gasteiger partial charge in [0.2, 0.25) is 0 Å². The molecule has 2 heteroatoms. The number of ether oxygens (including phenoxy) is 1. The molecule has 104 valence electrons. The van der Waals surface area contributed by atoms with Crippen molar-refractivity contribution < 1.29 is 4.74 Å². The lowest BCUT2D eigenvalue weighted by Gasteiger charge is -2.15. The minimum absolute atomic E-state index is 0.528. The Labute approximate surface area is 120 Å². The normalized spacial score (nSPS) is 13.2. The van der Waals surface area contributed by atoms with Crippen LogP contribution in [0, 0.1) is 20.8 Å². The van der Waals surface area contributed by atoms with Gasteiger partial charge in [0.1, 0.15) is 5.75 Å². The van der Waals surface area contributed by atoms with Crippen molar-refractivity contribution >= 4 is 0 Å². The van der Waals surface area contributed by atoms with Crippen molar-refractivity contribution in [2.24, 2.45) is 5.73 Å². The molecule has 1 aliphatic heterocycles. The fourth-order valence-electron chi connectivity index (χ4n) is 3.32. The summed E-state index contributed by atoms with van der Waals surface area (Å²) in [6, 6.07) is 8.95. The van der Waals surface area contributed by atoms with Crippen molar-refractivity contribution in [3.63, 3.8) is 0 Å². The average Bonchev–Trinajstić information content (AvgIpc) is 2.84. The lowest BCUT2D eigenvalue weighted by molar-refractivity contribution is 0.353. The van der Waals surface area contributed by atoms with E-state index >= 15 is 0 Å². The molecule has 0 fully saturated rings. The molecule has 2 nitrogen and oxygen atoms in total. The molecule has 1 heterocycles. The third-order valence-corrected chi connectivity index (χ3v) is 4.05. The summed E-state index contributed by atoms with van der Waals surface area (Å²) < 4.78 is 5.71. The average molecular weight is 267 g/mol. The van der Waals surface area contributed by atoms with Gasteiger partial charge in [0.15, 0.2) is 0 Å². The monoisotopic (exact) mass is 267 g/mol. The molecule has 0 amide bonds. The van der Waals surface area contributed by atoms with E-state index in [1.807, 2.05) is 0 Å². The fourth-order valence-corrected chi connectivity index (χ4v) is 3.32. The molecular weight excluding hydrogens is 246 g/mol. The molecule has 2 aromatic carbocycles. The zero-order valence-corrected chi connectivity index (χ0v) is 12.4. The topological polar surface area (TPSA) is 35.2 Å². The van der Waals surface area contributed by atoms with E-state index in [0.717, 1.165) is 24.3 Å². The van der Waals surface area contributed by atoms with Crippen LogP contribution in [0.1, 0.15) is 27.8 Å². The Bertz CT molecular complexity index is 650. The van der Waals surface area contributed by atoms with Crippen molar-refractivity contribution in [2.75, 3.05) is 6.61 Å². The second-order valence-electron chi connectivity index (χ2n) is 5.70. The van der Waals surface area contributed by atoms with Crippen LogP contribution in [0.2, 0.25) is 0 Å². The largest absolute Gasteiger partial charge is 0.493 e. The Morgan fingerprint density at radius 3 is 2.40 bits per heavy atom. The number of fused-ring (bicyclic) bond motifs is 1. The molecule has 2 aromatic rings. The highest BCUT2D eigenvalue weighted by molar-refractivity contribution is 5.74. The minimum atomic E-state index is 0.528. The van der Waals surface area contributed by atoms with E-state index < -0.39 is 0 Å². The number of hydrogen-bond donors (Lipinski definition) is 1. The zero-order valence-electron chi connectivity index (χ0n) is 12.4. The summed E-state index contributed by atoms with van der Waals surface area (Å²) in [6.07, 6.45) is 0.986. The van der Waals surface area contributed by atoms with E-state index in [0.29, 0.717) is 6.54 Å². The van der Waals surface area contributed by atoms with Gasteiger partial charge in [-0.15, -0.1) is 0 Å². The molecule has 0 aromatic heterocycles. The summed E-state index contributed by atoms with van der Waals surface area (Å²) in [7, 11) is 0. The van der Waals surface area contributed by atoms with E-state index in [1.54, 1.807) is 0 Å². The van der Waals surface area contributed by atoms with Crippen LogP contribution >= 0.6 is 0 Å². The van der Waals surface area contributed by atoms with E-state index in [2.05, 4.69) is 45.0 Å². The minimum Gasteiger partial charge on any atom is -0.493 e. The van der Waals surface area contributed by atoms with Crippen molar-refractivity contribution in [1.29, 1.82) is 0 Å². The van der Waals surface area contributed by atoms with E-state index in [1.165, 1.54) is 33.4 Å². The molecule has 2 N–H and O–H groups in total. The first-order chi connectivity index (χ1) is 9.60. The van der Waals surface area contributed by atoms with Crippen molar-refractivity contribution in [1.82, 2.24) is 0 Å². The Morgan fingerprint density at radius 1 is 1.05 bits per heavy atom. The fraction of sp³-hybridized carbons (Fsp3) is 0.333. The lowest BCUT2D eigenvalue weighted by atomic mass is 9.91. The third-order valence-electron chi connectivity index (χ3n) is 4.05. The second kappa shape index (κ2) is 4.95. The van der Waals surface area contributed by atoms with Gasteiger partial charge in [-0.05, 0) is 60.7 Å². The molecule has 0 atom stereocenters. The van der Waals surface area contributed by atoms with Gasteiger partial charge >= 0.3 is 0 Å². The first kappa shape index (κ1) is 13.2. The summed E-state index contributed by atoms with van der Waals surface area (Å²) >= 11 is 0. The number of benzene rings is 2. The smallest absolute Gasteiger partial charge is 0.127 e. The highest BCUT2D eigenvalue weighted by Crippen LogP contribution is 2.37. The highest BCUT2D eigenvalue weighted by Gasteiger charge is 2.18. The van der Waals surface area contributed by atoms with Crippen LogP contribution in [0.3, 0.4) is 0 Å². The van der Waals surface area contributed by atoms with Crippen molar-refractivity contribution in [3.8, 4) is 16.9 Å². The SMILES string of the molecule is Cc1cc(C)c(-c2cc(CN)c3c(c2)CCO3)c(C)c1. The molecule has 0 saturated carbocycles. The number of hydrogen-bond acceptors (Lipinski definition) is 2. The molecule has 0 spiro atoms. The lowest BCUT2D eigenvalue weighted by Crippen LogP contribution is -2.01. The molecule has 20 heavy (non-hydrogen) atoms. The number of aryl methyl sites for hydroxylation is 3. The van der Waals surface area contributed by atoms with Gasteiger partial charge in [0, 0.05) is 18.5 Å². The van der Waals surface area contributed by atoms with Crippen LogP contribution in [0.25, 0.3) is 11.1 Å². The predicted molar refractivity (Wildman–Crippen MR) is 83.2 cm³/mol. The Morgan fingerprint density at radius 2 is 1.75 bits per heavy atom. The highest BCUT2D eigenvalue weighted by atomic mass is 16.5. The van der Waals surface area contributed by atoms with Gasteiger partial charge < -0.3 is 10.5 Å². The number of nitrogens with two attached hydrogens (primary N) is 1. The maximum atomic E-state index is 5.89. The van der Waals surface area contributed by atoms with Gasteiger partial charge in [-0.2, -0.15) is 0 Å². The first-order valence-electron chi connectivity index (χ1n) is 7.17. The van der Waals surface area contributed by atoms with Crippen molar-refractivity contribution in [3.05, 3.63) is 52.1 Å². The molecule has 0 aliphatic carbocycles. The number of rotatable bonds is 2. The first-order valence-corrected chi connectivity index (χ1v) is 7.17. The molecule has 0 unspecified atom stereocenters. The third kappa shape index (κ3) is 2.10. The zero-order chi connectivity index (χ0) is 14.3. The van der Waals surface area contributed by atoms with Crippen molar-refractivity contribution in [2.45, 2.75) is 33.7 Å². The maximum absolute atomic E-state index is 5.89. The van der Waals surface area contributed by atoms with Gasteiger partial charge in [0.05, 0.1) is 6.61 Å². The molecule has 0 radical (unpaired) electrons. The summed E-state index contributed by atoms with van der Waals surface area (Å²) in [5.74, 6) is 1.01. The maximum Gasteiger partial charge on any atom is 0.127 e. The van der Waals surface area contributed by atoms with Gasteiger partial charge in [-0.1, -0.05) is 17.7 Å². The van der Waals surface area contributed by atoms with Crippen LogP contribution in [0.15, 0.2) is 24.3 Å². The van der Waals surface area contributed by atoms with E-state index in [9.17, 15) is 0 Å². The van der Waals surface area contributed by atoms with Crippen LogP contribution in [0.5, 0.6) is 5.75 Å². The Kier molecular flexibility index (Phi) is 3.27. The van der Waals surface area contributed by atoms with Gasteiger partial charge in [0.25, 0.3) is 0 Å². The summed E-state index contributed by atoms with van der Waals surface area (Å²) in [4.78, 5) is 0. The standard InChI is InChI=1S/C18H21NO/c1-11-6-12(2)17(13(3)7-11)15-8-14-4-5-20-18(14)16(9-15)10-19/h6-9H,4-5,10,19H2,1-3H3. The molecular formula is C18H21NO. The molecule has 0 bridgehead atoms. The molecule has 0 saturated heterocycles. The van der Waals surface area contributed by atoms with Crippen LogP contribution in [-0.4, -0.2) is 6.61 Å². The quantitative estimate of drug-likeness (QED) is 0.901. The predicted octanol–water partition coefficient (Wildman–Crippen LogP) is 3.67. The van der Waals surface area contributed by atoms with Gasteiger partial charge in [-0.3, -0.25) is 0 Å². The van der Waals surface area contributed by atoms with Gasteiger partial charge in [-0.25, -0.2) is 0 Å². The summed E-state index contributed by atoms with van der Waals surface area (Å²) in [6.45, 7) is 7.81. The van der Waals surface area contributed by atoms with E-state index in [-0.39, 0.29) is 0 Å². The summed E-state index contributed by atoms with van der Waals surface area (Å²) in [5, 5.41) is 0. The second-order valence-corrected chi connectivity index (χ2v) is 5.70. The van der Waals surface area contributed by atoms with Crippen LogP contribution in [0.4, 0.5) is 0 Å². The summed E-state index contributed by atoms with van der Waals surface area (Å²) in [5.41, 5.74) is 14.9. The molecule has 3 rings (SSSR count). The van der Waals surface area contributed by atoms with Crippen LogP contribution < -0.4 is 10.5 Å². The Balaban J connectivity index is 2.21.